The molecule has 1 aromatic rings. The molecule has 3 nitrogen and oxygen atoms in total. The third-order valence-corrected chi connectivity index (χ3v) is 1.95. The summed E-state index contributed by atoms with van der Waals surface area (Å²) in [6.07, 6.45) is -0.735. The van der Waals surface area contributed by atoms with Gasteiger partial charge in [0.25, 0.3) is 0 Å². The number of rotatable bonds is 4. The molecule has 0 bridgehead atoms. The minimum absolute atomic E-state index is 0.172. The van der Waals surface area contributed by atoms with E-state index < -0.39 is 12.1 Å². The van der Waals surface area contributed by atoms with Crippen LogP contribution in [0.15, 0.2) is 42.5 Å². The average Bonchev–Trinajstić information content (AvgIpc) is 2.18. The molecule has 74 valence electrons. The topological polar surface area (TPSA) is 57.5 Å². The lowest BCUT2D eigenvalue weighted by atomic mass is 10.0. The van der Waals surface area contributed by atoms with Gasteiger partial charge in [0.1, 0.15) is 0 Å². The first-order chi connectivity index (χ1) is 6.61. The molecule has 1 unspecified atom stereocenters. The number of carboxylic acids is 1. The van der Waals surface area contributed by atoms with Crippen LogP contribution in [0.25, 0.3) is 0 Å². The van der Waals surface area contributed by atoms with Crippen molar-refractivity contribution in [1.29, 1.82) is 0 Å². The molecule has 1 rings (SSSR count). The van der Waals surface area contributed by atoms with Gasteiger partial charge in [0, 0.05) is 6.42 Å². The Hall–Kier alpha value is -1.61. The maximum atomic E-state index is 10.5. The van der Waals surface area contributed by atoms with Crippen LogP contribution in [-0.4, -0.2) is 22.3 Å². The lowest BCUT2D eigenvalue weighted by molar-refractivity contribution is -0.133. The quantitative estimate of drug-likeness (QED) is 0.705. The molecule has 2 N–H and O–H groups in total. The van der Waals surface area contributed by atoms with Crippen molar-refractivity contribution in [3.05, 3.63) is 48.0 Å². The molecule has 0 aliphatic carbocycles. The summed E-state index contributed by atoms with van der Waals surface area (Å²) in [6, 6.07) is 9.20. The van der Waals surface area contributed by atoms with E-state index in [1.807, 2.05) is 30.3 Å². The summed E-state index contributed by atoms with van der Waals surface area (Å²) >= 11 is 0. The van der Waals surface area contributed by atoms with Gasteiger partial charge in [0.2, 0.25) is 0 Å². The van der Waals surface area contributed by atoms with Gasteiger partial charge in [-0.25, -0.2) is 4.79 Å². The van der Waals surface area contributed by atoms with E-state index >= 15 is 0 Å². The van der Waals surface area contributed by atoms with Crippen LogP contribution >= 0.6 is 0 Å². The Morgan fingerprint density at radius 2 is 1.93 bits per heavy atom. The van der Waals surface area contributed by atoms with Crippen LogP contribution in [0.2, 0.25) is 0 Å². The maximum Gasteiger partial charge on any atom is 0.333 e. The number of aliphatic hydroxyl groups excluding tert-OH is 1. The zero-order chi connectivity index (χ0) is 10.6. The molecule has 1 aromatic carbocycles. The molecule has 0 amide bonds. The van der Waals surface area contributed by atoms with Gasteiger partial charge < -0.3 is 10.2 Å². The van der Waals surface area contributed by atoms with Crippen LogP contribution in [0.4, 0.5) is 0 Å². The molecular formula is C11H12O3. The van der Waals surface area contributed by atoms with E-state index in [1.165, 1.54) is 0 Å². The molecule has 14 heavy (non-hydrogen) atoms. The smallest absolute Gasteiger partial charge is 0.333 e. The molecule has 0 aromatic heterocycles. The first-order valence-corrected chi connectivity index (χ1v) is 4.25. The summed E-state index contributed by atoms with van der Waals surface area (Å²) in [5.41, 5.74) is 0.719. The van der Waals surface area contributed by atoms with E-state index in [-0.39, 0.29) is 12.0 Å². The molecule has 0 saturated heterocycles. The van der Waals surface area contributed by atoms with Crippen molar-refractivity contribution in [3.8, 4) is 0 Å². The minimum atomic E-state index is -1.16. The van der Waals surface area contributed by atoms with Crippen molar-refractivity contribution in [2.75, 3.05) is 0 Å². The number of aliphatic carboxylic acids is 1. The average molecular weight is 192 g/mol. The van der Waals surface area contributed by atoms with E-state index in [4.69, 9.17) is 5.11 Å². The first kappa shape index (κ1) is 10.5. The van der Waals surface area contributed by atoms with E-state index in [1.54, 1.807) is 0 Å². The van der Waals surface area contributed by atoms with Crippen molar-refractivity contribution in [3.63, 3.8) is 0 Å². The molecule has 0 heterocycles. The number of aliphatic hydroxyl groups is 1. The molecular weight excluding hydrogens is 180 g/mol. The fourth-order valence-corrected chi connectivity index (χ4v) is 1.10. The Balaban J connectivity index is 2.62. The van der Waals surface area contributed by atoms with Crippen molar-refractivity contribution < 1.29 is 15.0 Å². The van der Waals surface area contributed by atoms with Crippen LogP contribution in [0.3, 0.4) is 0 Å². The molecule has 0 fully saturated rings. The lowest BCUT2D eigenvalue weighted by Gasteiger charge is -2.09. The van der Waals surface area contributed by atoms with Crippen molar-refractivity contribution in [2.24, 2.45) is 0 Å². The first-order valence-electron chi connectivity index (χ1n) is 4.25. The molecule has 0 radical (unpaired) electrons. The molecule has 0 spiro atoms. The summed E-state index contributed by atoms with van der Waals surface area (Å²) < 4.78 is 0. The second-order valence-corrected chi connectivity index (χ2v) is 3.04. The molecule has 3 heteroatoms. The zero-order valence-electron chi connectivity index (χ0n) is 7.68. The van der Waals surface area contributed by atoms with Crippen LogP contribution < -0.4 is 0 Å². The Morgan fingerprint density at radius 3 is 2.43 bits per heavy atom. The number of carboxylic acid groups (broad SMARTS) is 1. The number of carbonyl (C=O) groups is 1. The monoisotopic (exact) mass is 192 g/mol. The SMILES string of the molecule is C=C(C(=O)O)C(O)Cc1ccccc1. The highest BCUT2D eigenvalue weighted by molar-refractivity contribution is 5.86. The van der Waals surface area contributed by atoms with Crippen molar-refractivity contribution in [2.45, 2.75) is 12.5 Å². The van der Waals surface area contributed by atoms with E-state index in [0.717, 1.165) is 5.56 Å². The lowest BCUT2D eigenvalue weighted by Crippen LogP contribution is -2.19. The van der Waals surface area contributed by atoms with Crippen molar-refractivity contribution >= 4 is 5.97 Å². The zero-order valence-corrected chi connectivity index (χ0v) is 7.68. The summed E-state index contributed by atoms with van der Waals surface area (Å²) in [5.74, 6) is -1.16. The van der Waals surface area contributed by atoms with E-state index in [9.17, 15) is 9.90 Å². The van der Waals surface area contributed by atoms with E-state index in [0.29, 0.717) is 0 Å². The largest absolute Gasteiger partial charge is 0.478 e. The highest BCUT2D eigenvalue weighted by Crippen LogP contribution is 2.08. The van der Waals surface area contributed by atoms with Crippen LogP contribution in [0, 0.1) is 0 Å². The van der Waals surface area contributed by atoms with E-state index in [2.05, 4.69) is 6.58 Å². The summed E-state index contributed by atoms with van der Waals surface area (Å²) in [7, 11) is 0. The van der Waals surface area contributed by atoms with Gasteiger partial charge in [-0.2, -0.15) is 0 Å². The predicted molar refractivity (Wildman–Crippen MR) is 52.9 cm³/mol. The normalized spacial score (nSPS) is 12.1. The third kappa shape index (κ3) is 2.71. The molecule has 0 aliphatic heterocycles. The predicted octanol–water partition coefficient (Wildman–Crippen LogP) is 1.23. The second kappa shape index (κ2) is 4.58. The van der Waals surface area contributed by atoms with Gasteiger partial charge in [-0.15, -0.1) is 0 Å². The maximum absolute atomic E-state index is 10.5. The fourth-order valence-electron chi connectivity index (χ4n) is 1.10. The highest BCUT2D eigenvalue weighted by Gasteiger charge is 2.15. The number of hydrogen-bond acceptors (Lipinski definition) is 2. The van der Waals surface area contributed by atoms with Crippen molar-refractivity contribution in [1.82, 2.24) is 0 Å². The second-order valence-electron chi connectivity index (χ2n) is 3.04. The Morgan fingerprint density at radius 1 is 1.36 bits per heavy atom. The standard InChI is InChI=1S/C11H12O3/c1-8(11(13)14)10(12)7-9-5-3-2-4-6-9/h2-6,10,12H,1,7H2,(H,13,14). The highest BCUT2D eigenvalue weighted by atomic mass is 16.4. The van der Waals surface area contributed by atoms with Crippen LogP contribution in [0.1, 0.15) is 5.56 Å². The van der Waals surface area contributed by atoms with Crippen LogP contribution in [0.5, 0.6) is 0 Å². The van der Waals surface area contributed by atoms with Gasteiger partial charge in [-0.05, 0) is 5.56 Å². The number of benzene rings is 1. The Labute approximate surface area is 82.3 Å². The van der Waals surface area contributed by atoms with Gasteiger partial charge >= 0.3 is 5.97 Å². The molecule has 0 saturated carbocycles. The molecule has 1 atom stereocenters. The minimum Gasteiger partial charge on any atom is -0.478 e. The Kier molecular flexibility index (Phi) is 3.42. The Bertz CT molecular complexity index is 330. The summed E-state index contributed by atoms with van der Waals surface area (Å²) in [5, 5.41) is 18.0. The third-order valence-electron chi connectivity index (χ3n) is 1.95. The van der Waals surface area contributed by atoms with Crippen LogP contribution in [-0.2, 0) is 11.2 Å². The van der Waals surface area contributed by atoms with Gasteiger partial charge in [-0.1, -0.05) is 36.9 Å². The number of hydrogen-bond donors (Lipinski definition) is 2. The molecule has 0 aliphatic rings. The fraction of sp³-hybridized carbons (Fsp3) is 0.182. The van der Waals surface area contributed by atoms with Gasteiger partial charge in [-0.3, -0.25) is 0 Å². The van der Waals surface area contributed by atoms with Gasteiger partial charge in [0.05, 0.1) is 11.7 Å². The van der Waals surface area contributed by atoms with Gasteiger partial charge in [0.15, 0.2) is 0 Å². The summed E-state index contributed by atoms with van der Waals surface area (Å²) in [4.78, 5) is 10.5. The summed E-state index contributed by atoms with van der Waals surface area (Å²) in [6.45, 7) is 3.30.